The third kappa shape index (κ3) is 21.8. The molecule has 8 heterocycles. The molecule has 16 heteroatoms. The van der Waals surface area contributed by atoms with E-state index in [1.807, 2.05) is 65.8 Å². The van der Waals surface area contributed by atoms with Gasteiger partial charge in [0.2, 0.25) is 35.4 Å². The highest BCUT2D eigenvalue weighted by Gasteiger charge is 2.37. The number of nitrogens with zero attached hydrogens (tertiary/aromatic N) is 6. The van der Waals surface area contributed by atoms with Crippen LogP contribution in [0.25, 0.3) is 0 Å². The van der Waals surface area contributed by atoms with Crippen molar-refractivity contribution in [2.24, 2.45) is 0 Å². The van der Waals surface area contributed by atoms with Gasteiger partial charge in [0.1, 0.15) is 0 Å². The summed E-state index contributed by atoms with van der Waals surface area (Å²) < 4.78 is 1.57. The van der Waals surface area contributed by atoms with E-state index in [2.05, 4.69) is 303 Å². The van der Waals surface area contributed by atoms with Crippen molar-refractivity contribution in [3.05, 3.63) is 470 Å². The van der Waals surface area contributed by atoms with Gasteiger partial charge < -0.3 is 29.4 Å². The lowest BCUT2D eigenvalue weighted by Gasteiger charge is -2.36. The van der Waals surface area contributed by atoms with Gasteiger partial charge >= 0.3 is 0 Å². The molecule has 6 aliphatic rings. The fourth-order valence-electron chi connectivity index (χ4n) is 19.5. The number of rotatable bonds is 12. The molecule has 0 fully saturated rings. The van der Waals surface area contributed by atoms with E-state index in [-0.39, 0.29) is 71.0 Å². The van der Waals surface area contributed by atoms with Gasteiger partial charge in [-0.3, -0.25) is 28.8 Å². The summed E-state index contributed by atoms with van der Waals surface area (Å²) in [6, 6.07) is 80.5. The van der Waals surface area contributed by atoms with Crippen LogP contribution in [-0.2, 0) is 68.0 Å². The Labute approximate surface area is 786 Å². The number of halogens is 2. The van der Waals surface area contributed by atoms with Crippen LogP contribution in [-0.4, -0.2) is 104 Å². The molecule has 6 aliphatic heterocycles. The quantitative estimate of drug-likeness (QED) is 0.112. The molecule has 664 valence electrons. The van der Waals surface area contributed by atoms with E-state index in [9.17, 15) is 28.8 Å². The summed E-state index contributed by atoms with van der Waals surface area (Å²) in [5, 5.41) is 0. The number of carbonyl (C=O) groups is 6. The summed E-state index contributed by atoms with van der Waals surface area (Å²) in [5.41, 5.74) is 33.3. The molecule has 2 aromatic heterocycles. The highest BCUT2D eigenvalue weighted by molar-refractivity contribution is 7.16. The Morgan fingerprint density at radius 3 is 0.738 bits per heavy atom. The second-order valence-electron chi connectivity index (χ2n) is 34.6. The van der Waals surface area contributed by atoms with Gasteiger partial charge in [0.05, 0.1) is 21.8 Å². The Hall–Kier alpha value is -12.6. The second kappa shape index (κ2) is 43.2. The minimum Gasteiger partial charge on any atom is -0.334 e. The molecular formula is C114H116Cl2N6O6S2. The highest BCUT2D eigenvalue weighted by Crippen LogP contribution is 2.46. The Morgan fingerprint density at radius 2 is 0.477 bits per heavy atom. The van der Waals surface area contributed by atoms with E-state index in [1.165, 1.54) is 191 Å². The van der Waals surface area contributed by atoms with Crippen LogP contribution in [0.15, 0.2) is 306 Å². The zero-order valence-corrected chi connectivity index (χ0v) is 79.4. The summed E-state index contributed by atoms with van der Waals surface area (Å²) in [4.78, 5) is 86.2. The monoisotopic (exact) mass is 1800 g/mol. The summed E-state index contributed by atoms with van der Waals surface area (Å²) in [5.74, 6) is 1.26. The lowest BCUT2D eigenvalue weighted by atomic mass is 9.80. The number of amides is 6. The first-order valence-corrected chi connectivity index (χ1v) is 46.7. The lowest BCUT2D eigenvalue weighted by molar-refractivity contribution is -0.127. The summed E-state index contributed by atoms with van der Waals surface area (Å²) in [6.07, 6.45) is 8.42. The molecule has 0 spiro atoms. The van der Waals surface area contributed by atoms with E-state index in [4.69, 9.17) is 23.2 Å². The van der Waals surface area contributed by atoms with Crippen molar-refractivity contribution in [3.8, 4) is 0 Å². The molecule has 0 unspecified atom stereocenters. The number of hydrogen-bond donors (Lipinski definition) is 0. The minimum atomic E-state index is -0.0243. The van der Waals surface area contributed by atoms with Crippen LogP contribution in [0.1, 0.15) is 190 Å². The molecule has 130 heavy (non-hydrogen) atoms. The van der Waals surface area contributed by atoms with Crippen molar-refractivity contribution in [2.45, 2.75) is 144 Å². The maximum atomic E-state index is 12.1. The SMILES string of the molecule is C=CC(=O)N1Cc2cc(C)ccc2[C@@H](c2ccccc2C)C1.C=CC(=O)N1Cc2cc(C)ccc2[C@H](c2ccccc2C)C1.C=CC(=O)N1Cc2cccc(C)c2[C@@H](c2ccccc2C)C1.C=CC(=O)N1Cc2cccc(C)c2[C@H](c2ccccc2C)C1.C=CC(=O)N1Cc2sc(Cl)cc2[C@@H](c2ccccc2C)C1.C=CC(=O)N1Cc2sc(Cl)cc2[C@H](c2ccccc2C)C1. The van der Waals surface area contributed by atoms with Crippen molar-refractivity contribution < 1.29 is 28.8 Å². The van der Waals surface area contributed by atoms with Gasteiger partial charge in [0.25, 0.3) is 0 Å². The van der Waals surface area contributed by atoms with Crippen LogP contribution in [0, 0.1) is 69.2 Å². The van der Waals surface area contributed by atoms with E-state index in [0.717, 1.165) is 8.67 Å². The molecule has 0 aliphatic carbocycles. The average molecular weight is 1800 g/mol. The Balaban J connectivity index is 0.000000133. The first kappa shape index (κ1) is 95.0. The van der Waals surface area contributed by atoms with Crippen LogP contribution in [0.2, 0.25) is 8.67 Å². The van der Waals surface area contributed by atoms with Crippen LogP contribution in [0.3, 0.4) is 0 Å². The van der Waals surface area contributed by atoms with Crippen molar-refractivity contribution in [1.82, 2.24) is 29.4 Å². The zero-order chi connectivity index (χ0) is 92.7. The number of fused-ring (bicyclic) bond motifs is 6. The molecular weight excluding hydrogens is 1680 g/mol. The Bertz CT molecular complexity index is 5870. The predicted molar refractivity (Wildman–Crippen MR) is 535 cm³/mol. The van der Waals surface area contributed by atoms with Gasteiger partial charge in [0, 0.05) is 111 Å². The lowest BCUT2D eigenvalue weighted by Crippen LogP contribution is -2.38. The molecule has 0 saturated carbocycles. The van der Waals surface area contributed by atoms with Crippen LogP contribution < -0.4 is 0 Å². The average Bonchev–Trinajstić information content (AvgIpc) is 1.63. The molecule has 12 nitrogen and oxygen atoms in total. The predicted octanol–water partition coefficient (Wildman–Crippen LogP) is 24.6. The molecule has 12 aromatic rings. The molecule has 0 N–H and O–H groups in total. The van der Waals surface area contributed by atoms with E-state index < -0.39 is 0 Å². The maximum Gasteiger partial charge on any atom is 0.246 e. The van der Waals surface area contributed by atoms with Gasteiger partial charge in [-0.1, -0.05) is 292 Å². The van der Waals surface area contributed by atoms with E-state index >= 15 is 0 Å². The summed E-state index contributed by atoms with van der Waals surface area (Å²) in [7, 11) is 0. The Kier molecular flexibility index (Phi) is 31.6. The summed E-state index contributed by atoms with van der Waals surface area (Å²) in [6.45, 7) is 51.2. The van der Waals surface area contributed by atoms with Gasteiger partial charge in [-0.2, -0.15) is 0 Å². The molecule has 6 atom stereocenters. The van der Waals surface area contributed by atoms with Gasteiger partial charge in [-0.15, -0.1) is 22.7 Å². The van der Waals surface area contributed by atoms with Crippen molar-refractivity contribution in [2.75, 3.05) is 39.3 Å². The third-order valence-corrected chi connectivity index (χ3v) is 28.6. The van der Waals surface area contributed by atoms with Crippen LogP contribution in [0.5, 0.6) is 0 Å². The fourth-order valence-corrected chi connectivity index (χ4v) is 22.2. The number of hydrogen-bond acceptors (Lipinski definition) is 8. The molecule has 18 rings (SSSR count). The summed E-state index contributed by atoms with van der Waals surface area (Å²) >= 11 is 15.5. The minimum absolute atomic E-state index is 0.00532. The van der Waals surface area contributed by atoms with Crippen molar-refractivity contribution in [1.29, 1.82) is 0 Å². The van der Waals surface area contributed by atoms with Crippen LogP contribution in [0.4, 0.5) is 0 Å². The number of aryl methyl sites for hydroxylation is 10. The first-order valence-electron chi connectivity index (χ1n) is 44.4. The fraction of sp³-hybridized carbons (Fsp3) is 0.246. The molecule has 0 bridgehead atoms. The van der Waals surface area contributed by atoms with Crippen molar-refractivity contribution >= 4 is 81.3 Å². The zero-order valence-electron chi connectivity index (χ0n) is 76.3. The van der Waals surface area contributed by atoms with Gasteiger partial charge in [-0.25, -0.2) is 0 Å². The van der Waals surface area contributed by atoms with Gasteiger partial charge in [0.15, 0.2) is 0 Å². The molecule has 0 saturated heterocycles. The van der Waals surface area contributed by atoms with Crippen molar-refractivity contribution in [3.63, 3.8) is 0 Å². The Morgan fingerprint density at radius 1 is 0.254 bits per heavy atom. The number of carbonyl (C=O) groups excluding carboxylic acids is 6. The maximum absolute atomic E-state index is 12.1. The van der Waals surface area contributed by atoms with Gasteiger partial charge in [-0.05, 0) is 251 Å². The first-order chi connectivity index (χ1) is 62.6. The smallest absolute Gasteiger partial charge is 0.246 e. The topological polar surface area (TPSA) is 122 Å². The molecule has 0 radical (unpaired) electrons. The van der Waals surface area contributed by atoms with E-state index in [1.54, 1.807) is 22.7 Å². The molecule has 6 amide bonds. The number of thiophene rings is 2. The second-order valence-corrected chi connectivity index (χ2v) is 38.1. The highest BCUT2D eigenvalue weighted by atomic mass is 35.5. The third-order valence-electron chi connectivity index (χ3n) is 26.1. The number of benzene rings is 10. The standard InChI is InChI=1S/4C20H21NO.2C17H16ClNOS/c2*1-4-19(22)21-12-16-10-7-9-15(3)20(16)18(13-21)17-11-6-5-8-14(17)2;2*1-4-20(22)21-12-16-11-14(2)9-10-18(16)19(13-21)17-8-6-5-7-15(17)3;2*1-3-17(20)19-9-14(12-7-5-4-6-11(12)2)13-8-16(18)21-15(13)10-19/h2*4-11,18H,1,12-13H2,2-3H3;2*4-11,19H,1,12-13H2,2-3H3;2*3-8,14H,1,9-10H2,2H3/t2*18-;2*19-;2*14-/m101010/s1. The largest absolute Gasteiger partial charge is 0.334 e. The van der Waals surface area contributed by atoms with E-state index in [0.29, 0.717) is 78.5 Å². The van der Waals surface area contributed by atoms with Crippen LogP contribution >= 0.6 is 45.9 Å². The normalized spacial score (nSPS) is 17.1. The molecule has 10 aromatic carbocycles.